The van der Waals surface area contributed by atoms with Gasteiger partial charge in [0.1, 0.15) is 6.10 Å². The molecule has 0 rings (SSSR count). The van der Waals surface area contributed by atoms with Crippen molar-refractivity contribution in [2.45, 2.75) is 42.7 Å². The van der Waals surface area contributed by atoms with Crippen molar-refractivity contribution in [3.05, 3.63) is 0 Å². The van der Waals surface area contributed by atoms with Gasteiger partial charge in [-0.2, -0.15) is 0 Å². The molecule has 0 saturated heterocycles. The lowest BCUT2D eigenvalue weighted by Gasteiger charge is -2.24. The van der Waals surface area contributed by atoms with Gasteiger partial charge in [0.15, 0.2) is 24.4 Å². The largest absolute Gasteiger partial charge is 0.479 e. The third-order valence-electron chi connectivity index (χ3n) is 3.18. The Hall–Kier alpha value is -3.38. The van der Waals surface area contributed by atoms with Gasteiger partial charge in [0.25, 0.3) is 0 Å². The lowest BCUT2D eigenvalue weighted by atomic mass is 10.1. The molecule has 0 heterocycles. The van der Waals surface area contributed by atoms with E-state index in [2.05, 4.69) is 9.47 Å². The molecular formula is C13H16O17. The standard InChI is InChI=1S/C13H16O17/c14-1(2(15)12(27)29-6(10(23)24)4(17)8(19)20)3(16)13(28)30-7(11(25)26)5(18)9(21)22/h1-7,14-18H,(H,19,20)(H,21,22)(H,23,24)(H,25,26). The molecule has 17 heteroatoms. The van der Waals surface area contributed by atoms with E-state index in [0.29, 0.717) is 0 Å². The first-order valence-corrected chi connectivity index (χ1v) is 7.36. The van der Waals surface area contributed by atoms with Gasteiger partial charge in [-0.05, 0) is 0 Å². The quantitative estimate of drug-likeness (QED) is 0.126. The van der Waals surface area contributed by atoms with Crippen molar-refractivity contribution in [3.8, 4) is 0 Å². The van der Waals surface area contributed by atoms with Crippen LogP contribution in [-0.2, 0) is 38.2 Å². The van der Waals surface area contributed by atoms with Crippen LogP contribution in [0.1, 0.15) is 0 Å². The molecule has 0 aliphatic carbocycles. The van der Waals surface area contributed by atoms with Crippen molar-refractivity contribution in [2.24, 2.45) is 0 Å². The van der Waals surface area contributed by atoms with Gasteiger partial charge < -0.3 is 55.4 Å². The van der Waals surface area contributed by atoms with Crippen LogP contribution in [0, 0.1) is 0 Å². The lowest BCUT2D eigenvalue weighted by molar-refractivity contribution is -0.195. The summed E-state index contributed by atoms with van der Waals surface area (Å²) in [5.74, 6) is -12.9. The molecule has 6 atom stereocenters. The molecule has 0 aromatic carbocycles. The molecule has 0 aliphatic heterocycles. The highest BCUT2D eigenvalue weighted by Gasteiger charge is 2.43. The number of hydrogen-bond acceptors (Lipinski definition) is 13. The summed E-state index contributed by atoms with van der Waals surface area (Å²) in [6, 6.07) is 0. The molecule has 9 N–H and O–H groups in total. The molecule has 17 nitrogen and oxygen atoms in total. The maximum absolute atomic E-state index is 11.6. The SMILES string of the molecule is O=C(O)C(O)C(OC(=O)C(O)C(O)C(O)C(=O)OC(C(=O)O)C(O)C(=O)O)C(=O)O. The fraction of sp³-hybridized carbons (Fsp3) is 0.538. The molecular weight excluding hydrogens is 428 g/mol. The Bertz CT molecular complexity index is 642. The van der Waals surface area contributed by atoms with Crippen molar-refractivity contribution >= 4 is 35.8 Å². The van der Waals surface area contributed by atoms with Crippen molar-refractivity contribution in [2.75, 3.05) is 0 Å². The van der Waals surface area contributed by atoms with Gasteiger partial charge in [0.2, 0.25) is 12.2 Å². The Labute approximate surface area is 163 Å². The van der Waals surface area contributed by atoms with Crippen LogP contribution in [0.3, 0.4) is 0 Å². The molecule has 0 radical (unpaired) electrons. The van der Waals surface area contributed by atoms with E-state index >= 15 is 0 Å². The Morgan fingerprint density at radius 3 is 0.933 bits per heavy atom. The second-order valence-corrected chi connectivity index (χ2v) is 5.34. The smallest absolute Gasteiger partial charge is 0.348 e. The van der Waals surface area contributed by atoms with Crippen molar-refractivity contribution in [1.82, 2.24) is 0 Å². The summed E-state index contributed by atoms with van der Waals surface area (Å²) in [7, 11) is 0. The van der Waals surface area contributed by atoms with Crippen LogP contribution < -0.4 is 0 Å². The highest BCUT2D eigenvalue weighted by Crippen LogP contribution is 2.11. The maximum atomic E-state index is 11.6. The number of rotatable bonds is 12. The van der Waals surface area contributed by atoms with Crippen LogP contribution in [0.5, 0.6) is 0 Å². The third-order valence-corrected chi connectivity index (χ3v) is 3.18. The van der Waals surface area contributed by atoms with Crippen LogP contribution in [-0.4, -0.2) is 125 Å². The minimum Gasteiger partial charge on any atom is -0.479 e. The van der Waals surface area contributed by atoms with Gasteiger partial charge in [0, 0.05) is 0 Å². The minimum atomic E-state index is -2.96. The predicted molar refractivity (Wildman–Crippen MR) is 80.3 cm³/mol. The van der Waals surface area contributed by atoms with E-state index in [1.807, 2.05) is 0 Å². The van der Waals surface area contributed by atoms with E-state index in [1.54, 1.807) is 0 Å². The van der Waals surface area contributed by atoms with Crippen molar-refractivity contribution in [3.63, 3.8) is 0 Å². The summed E-state index contributed by atoms with van der Waals surface area (Å²) in [5, 5.41) is 81.3. The fourth-order valence-electron chi connectivity index (χ4n) is 1.60. The number of aliphatic hydroxyl groups excluding tert-OH is 5. The van der Waals surface area contributed by atoms with Crippen LogP contribution in [0.25, 0.3) is 0 Å². The second kappa shape index (κ2) is 11.0. The van der Waals surface area contributed by atoms with Crippen LogP contribution >= 0.6 is 0 Å². The third kappa shape index (κ3) is 6.90. The van der Waals surface area contributed by atoms with E-state index in [4.69, 9.17) is 30.6 Å². The Kier molecular flexibility index (Phi) is 9.74. The van der Waals surface area contributed by atoms with Crippen molar-refractivity contribution < 1.29 is 84.2 Å². The number of aliphatic hydroxyl groups is 5. The van der Waals surface area contributed by atoms with Crippen LogP contribution in [0.4, 0.5) is 0 Å². The first-order chi connectivity index (χ1) is 13.6. The van der Waals surface area contributed by atoms with Crippen molar-refractivity contribution in [1.29, 1.82) is 0 Å². The first-order valence-electron chi connectivity index (χ1n) is 7.36. The van der Waals surface area contributed by atoms with Gasteiger partial charge in [-0.25, -0.2) is 28.8 Å². The molecule has 0 bridgehead atoms. The highest BCUT2D eigenvalue weighted by molar-refractivity contribution is 5.88. The summed E-state index contributed by atoms with van der Waals surface area (Å²) >= 11 is 0. The van der Waals surface area contributed by atoms with Gasteiger partial charge in [-0.15, -0.1) is 0 Å². The molecule has 0 aromatic rings. The predicted octanol–water partition coefficient (Wildman–Crippen LogP) is -6.05. The molecule has 0 amide bonds. The molecule has 0 fully saturated rings. The number of carbonyl (C=O) groups excluding carboxylic acids is 2. The number of hydrogen-bond donors (Lipinski definition) is 9. The number of ether oxygens (including phenoxy) is 2. The Balaban J connectivity index is 5.28. The molecule has 0 aliphatic rings. The van der Waals surface area contributed by atoms with Gasteiger partial charge in [-0.3, -0.25) is 0 Å². The number of carboxylic acid groups (broad SMARTS) is 4. The maximum Gasteiger partial charge on any atom is 0.348 e. The van der Waals surface area contributed by atoms with E-state index in [1.165, 1.54) is 0 Å². The Morgan fingerprint density at radius 1 is 0.467 bits per heavy atom. The summed E-state index contributed by atoms with van der Waals surface area (Å²) in [6.45, 7) is 0. The van der Waals surface area contributed by atoms with Crippen LogP contribution in [0.15, 0.2) is 0 Å². The summed E-state index contributed by atoms with van der Waals surface area (Å²) in [4.78, 5) is 66.0. The zero-order chi connectivity index (χ0) is 23.9. The van der Waals surface area contributed by atoms with E-state index in [9.17, 15) is 44.1 Å². The molecule has 30 heavy (non-hydrogen) atoms. The van der Waals surface area contributed by atoms with E-state index in [0.717, 1.165) is 0 Å². The number of esters is 2. The highest BCUT2D eigenvalue weighted by atomic mass is 16.6. The zero-order valence-electron chi connectivity index (χ0n) is 14.3. The van der Waals surface area contributed by atoms with E-state index in [-0.39, 0.29) is 0 Å². The average molecular weight is 444 g/mol. The topological polar surface area (TPSA) is 303 Å². The molecule has 0 saturated carbocycles. The number of carbonyl (C=O) groups is 6. The summed E-state index contributed by atoms with van der Waals surface area (Å²) in [6.07, 6.45) is -20.0. The summed E-state index contributed by atoms with van der Waals surface area (Å²) < 4.78 is 7.96. The minimum absolute atomic E-state index is 2.14. The molecule has 0 spiro atoms. The summed E-state index contributed by atoms with van der Waals surface area (Å²) in [5.41, 5.74) is 0. The fourth-order valence-corrected chi connectivity index (χ4v) is 1.60. The van der Waals surface area contributed by atoms with Gasteiger partial charge in [0.05, 0.1) is 0 Å². The monoisotopic (exact) mass is 444 g/mol. The Morgan fingerprint density at radius 2 is 0.733 bits per heavy atom. The number of aliphatic carboxylic acids is 4. The number of carboxylic acids is 4. The van der Waals surface area contributed by atoms with Gasteiger partial charge >= 0.3 is 35.8 Å². The second-order valence-electron chi connectivity index (χ2n) is 5.34. The van der Waals surface area contributed by atoms with Crippen LogP contribution in [0.2, 0.25) is 0 Å². The lowest BCUT2D eigenvalue weighted by Crippen LogP contribution is -2.52. The zero-order valence-corrected chi connectivity index (χ0v) is 14.3. The molecule has 6 unspecified atom stereocenters. The van der Waals surface area contributed by atoms with E-state index < -0.39 is 78.5 Å². The molecule has 170 valence electrons. The normalized spacial score (nSPS) is 17.9. The first kappa shape index (κ1) is 26.6. The average Bonchev–Trinajstić information content (AvgIpc) is 2.65. The molecule has 0 aromatic heterocycles. The van der Waals surface area contributed by atoms with Gasteiger partial charge in [-0.1, -0.05) is 0 Å².